The predicted octanol–water partition coefficient (Wildman–Crippen LogP) is 3.83. The largest absolute Gasteiger partial charge is 0.347 e. The van der Waals surface area contributed by atoms with Crippen LogP contribution in [-0.4, -0.2) is 24.4 Å². The molecule has 0 radical (unpaired) electrons. The van der Waals surface area contributed by atoms with Crippen LogP contribution in [-0.2, 0) is 11.3 Å². The van der Waals surface area contributed by atoms with Gasteiger partial charge in [0.1, 0.15) is 5.82 Å². The maximum absolute atomic E-state index is 13.2. The molecule has 3 nitrogen and oxygen atoms in total. The lowest BCUT2D eigenvalue weighted by Crippen LogP contribution is -2.38. The van der Waals surface area contributed by atoms with Crippen molar-refractivity contribution in [1.29, 1.82) is 0 Å². The molecule has 1 amide bonds. The van der Waals surface area contributed by atoms with Crippen molar-refractivity contribution in [3.63, 3.8) is 0 Å². The van der Waals surface area contributed by atoms with Gasteiger partial charge in [-0.2, -0.15) is 0 Å². The topological polar surface area (TPSA) is 32.3 Å². The highest BCUT2D eigenvalue weighted by Crippen LogP contribution is 2.25. The van der Waals surface area contributed by atoms with Gasteiger partial charge in [-0.3, -0.25) is 9.69 Å². The Balaban J connectivity index is 1.90. The number of carbonyl (C=O) groups excluding carboxylic acids is 1. The average Bonchev–Trinajstić information content (AvgIpc) is 2.98. The number of hydrogen-bond donors (Lipinski definition) is 1. The van der Waals surface area contributed by atoms with Crippen LogP contribution in [0.2, 0.25) is 0 Å². The molecule has 0 spiro atoms. The lowest BCUT2D eigenvalue weighted by atomic mass is 10.0. The fraction of sp³-hybridized carbons (Fsp3) is 0.389. The molecule has 0 saturated heterocycles. The van der Waals surface area contributed by atoms with E-state index >= 15 is 0 Å². The summed E-state index contributed by atoms with van der Waals surface area (Å²) in [5, 5.41) is 5.12. The van der Waals surface area contributed by atoms with Crippen molar-refractivity contribution in [3.8, 4) is 0 Å². The zero-order chi connectivity index (χ0) is 16.8. The Bertz CT molecular complexity index is 628. The molecule has 0 aliphatic rings. The summed E-state index contributed by atoms with van der Waals surface area (Å²) >= 11 is 1.65. The third-order valence-corrected chi connectivity index (χ3v) is 4.54. The Kier molecular flexibility index (Phi) is 6.30. The van der Waals surface area contributed by atoms with Gasteiger partial charge in [0, 0.05) is 11.4 Å². The number of carbonyl (C=O) groups is 1. The monoisotopic (exact) mass is 334 g/mol. The van der Waals surface area contributed by atoms with Crippen molar-refractivity contribution in [1.82, 2.24) is 10.2 Å². The first-order valence-electron chi connectivity index (χ1n) is 7.71. The third kappa shape index (κ3) is 5.44. The van der Waals surface area contributed by atoms with E-state index in [1.54, 1.807) is 17.4 Å². The molecule has 0 bridgehead atoms. The van der Waals surface area contributed by atoms with Crippen LogP contribution in [0.15, 0.2) is 41.8 Å². The number of halogens is 1. The van der Waals surface area contributed by atoms with Crippen molar-refractivity contribution < 1.29 is 9.18 Å². The third-order valence-electron chi connectivity index (χ3n) is 3.59. The number of amides is 1. The van der Waals surface area contributed by atoms with Gasteiger partial charge >= 0.3 is 0 Å². The normalized spacial score (nSPS) is 12.6. The van der Waals surface area contributed by atoms with Gasteiger partial charge in [-0.25, -0.2) is 4.39 Å². The van der Waals surface area contributed by atoms with E-state index < -0.39 is 0 Å². The number of nitrogens with zero attached hydrogens (tertiary/aromatic N) is 1. The number of rotatable bonds is 7. The van der Waals surface area contributed by atoms with Crippen LogP contribution < -0.4 is 5.32 Å². The fourth-order valence-electron chi connectivity index (χ4n) is 2.50. The van der Waals surface area contributed by atoms with E-state index in [9.17, 15) is 9.18 Å². The average molecular weight is 334 g/mol. The molecule has 0 unspecified atom stereocenters. The molecule has 0 saturated carbocycles. The zero-order valence-electron chi connectivity index (χ0n) is 13.8. The zero-order valence-corrected chi connectivity index (χ0v) is 14.6. The van der Waals surface area contributed by atoms with E-state index in [2.05, 4.69) is 19.2 Å². The Morgan fingerprint density at radius 2 is 2.09 bits per heavy atom. The number of nitrogens with one attached hydrogen (secondary N) is 1. The van der Waals surface area contributed by atoms with E-state index in [-0.39, 0.29) is 24.3 Å². The van der Waals surface area contributed by atoms with E-state index in [0.29, 0.717) is 12.5 Å². The van der Waals surface area contributed by atoms with Gasteiger partial charge in [0.2, 0.25) is 5.91 Å². The van der Waals surface area contributed by atoms with Crippen LogP contribution in [0.1, 0.15) is 30.3 Å². The second kappa shape index (κ2) is 8.22. The number of hydrogen-bond acceptors (Lipinski definition) is 3. The molecule has 1 aromatic carbocycles. The summed E-state index contributed by atoms with van der Waals surface area (Å²) in [6.45, 7) is 5.02. The maximum atomic E-state index is 13.2. The van der Waals surface area contributed by atoms with Crippen LogP contribution in [0.4, 0.5) is 4.39 Å². The first-order chi connectivity index (χ1) is 11.0. The summed E-state index contributed by atoms with van der Waals surface area (Å²) in [4.78, 5) is 15.4. The first kappa shape index (κ1) is 17.6. The fourth-order valence-corrected chi connectivity index (χ4v) is 3.45. The molecule has 1 heterocycles. The summed E-state index contributed by atoms with van der Waals surface area (Å²) in [5.74, 6) is 0.0556. The second-order valence-electron chi connectivity index (χ2n) is 6.11. The van der Waals surface area contributed by atoms with E-state index in [1.165, 1.54) is 17.0 Å². The lowest BCUT2D eigenvalue weighted by molar-refractivity contribution is -0.123. The van der Waals surface area contributed by atoms with E-state index in [1.807, 2.05) is 35.5 Å². The molecular formula is C18H23FN2OS. The summed E-state index contributed by atoms with van der Waals surface area (Å²) in [7, 11) is 1.86. The molecule has 23 heavy (non-hydrogen) atoms. The molecule has 0 fully saturated rings. The van der Waals surface area contributed by atoms with Gasteiger partial charge in [0.15, 0.2) is 0 Å². The highest BCUT2D eigenvalue weighted by Gasteiger charge is 2.19. The molecule has 2 rings (SSSR count). The number of thiophene rings is 1. The van der Waals surface area contributed by atoms with Crippen LogP contribution >= 0.6 is 11.3 Å². The maximum Gasteiger partial charge on any atom is 0.234 e. The van der Waals surface area contributed by atoms with E-state index in [0.717, 1.165) is 5.56 Å². The summed E-state index contributed by atoms with van der Waals surface area (Å²) in [6, 6.07) is 10.5. The van der Waals surface area contributed by atoms with Crippen molar-refractivity contribution in [3.05, 3.63) is 58.0 Å². The standard InChI is InChI=1S/C18H23FN2OS/c1-13(2)18(16-8-5-9-23-16)20-17(22)12-21(3)11-14-6-4-7-15(19)10-14/h4-10,13,18H,11-12H2,1-3H3,(H,20,22)/t18-/m0/s1. The molecule has 124 valence electrons. The van der Waals surface area contributed by atoms with Crippen LogP contribution in [0.25, 0.3) is 0 Å². The molecule has 1 N–H and O–H groups in total. The minimum atomic E-state index is -0.252. The van der Waals surface area contributed by atoms with Gasteiger partial charge in [-0.15, -0.1) is 11.3 Å². The Morgan fingerprint density at radius 3 is 2.70 bits per heavy atom. The van der Waals surface area contributed by atoms with Crippen molar-refractivity contribution >= 4 is 17.2 Å². The van der Waals surface area contributed by atoms with Crippen LogP contribution in [0.3, 0.4) is 0 Å². The molecule has 1 atom stereocenters. The molecular weight excluding hydrogens is 311 g/mol. The minimum absolute atomic E-state index is 0.0176. The molecule has 0 aliphatic carbocycles. The van der Waals surface area contributed by atoms with Crippen LogP contribution in [0.5, 0.6) is 0 Å². The van der Waals surface area contributed by atoms with E-state index in [4.69, 9.17) is 0 Å². The predicted molar refractivity (Wildman–Crippen MR) is 92.8 cm³/mol. The van der Waals surface area contributed by atoms with Crippen molar-refractivity contribution in [2.24, 2.45) is 5.92 Å². The lowest BCUT2D eigenvalue weighted by Gasteiger charge is -2.23. The second-order valence-corrected chi connectivity index (χ2v) is 7.09. The summed E-state index contributed by atoms with van der Waals surface area (Å²) in [5.41, 5.74) is 0.860. The number of benzene rings is 1. The Hall–Kier alpha value is -1.72. The van der Waals surface area contributed by atoms with Gasteiger partial charge in [0.25, 0.3) is 0 Å². The van der Waals surface area contributed by atoms with Gasteiger partial charge in [-0.1, -0.05) is 32.0 Å². The van der Waals surface area contributed by atoms with Gasteiger partial charge in [-0.05, 0) is 42.1 Å². The minimum Gasteiger partial charge on any atom is -0.347 e. The summed E-state index contributed by atoms with van der Waals surface area (Å²) < 4.78 is 13.2. The summed E-state index contributed by atoms with van der Waals surface area (Å²) in [6.07, 6.45) is 0. The number of likely N-dealkylation sites (N-methyl/N-ethyl adjacent to an activating group) is 1. The smallest absolute Gasteiger partial charge is 0.234 e. The molecule has 1 aromatic heterocycles. The first-order valence-corrected chi connectivity index (χ1v) is 8.59. The van der Waals surface area contributed by atoms with Gasteiger partial charge < -0.3 is 5.32 Å². The Labute approximate surface area is 141 Å². The van der Waals surface area contributed by atoms with Crippen LogP contribution in [0, 0.1) is 11.7 Å². The quantitative estimate of drug-likeness (QED) is 0.834. The highest BCUT2D eigenvalue weighted by atomic mass is 32.1. The van der Waals surface area contributed by atoms with Gasteiger partial charge in [0.05, 0.1) is 12.6 Å². The SMILES string of the molecule is CC(C)[C@H](NC(=O)CN(C)Cc1cccc(F)c1)c1cccs1. The highest BCUT2D eigenvalue weighted by molar-refractivity contribution is 7.10. The Morgan fingerprint density at radius 1 is 1.30 bits per heavy atom. The molecule has 5 heteroatoms. The molecule has 0 aliphatic heterocycles. The molecule has 2 aromatic rings. The van der Waals surface area contributed by atoms with Crippen molar-refractivity contribution in [2.45, 2.75) is 26.4 Å². The van der Waals surface area contributed by atoms with Crippen molar-refractivity contribution in [2.75, 3.05) is 13.6 Å².